The van der Waals surface area contributed by atoms with E-state index in [1.807, 2.05) is 0 Å². The van der Waals surface area contributed by atoms with E-state index in [0.29, 0.717) is 11.3 Å². The zero-order chi connectivity index (χ0) is 16.4. The number of fused-ring (bicyclic) bond motifs is 1. The number of hydrogen-bond donors (Lipinski definition) is 2. The molecule has 0 saturated carbocycles. The van der Waals surface area contributed by atoms with E-state index in [-0.39, 0.29) is 30.5 Å². The molecule has 0 aromatic heterocycles. The highest BCUT2D eigenvalue weighted by Crippen LogP contribution is 2.35. The van der Waals surface area contributed by atoms with Gasteiger partial charge in [-0.15, -0.1) is 0 Å². The summed E-state index contributed by atoms with van der Waals surface area (Å²) >= 11 is 0. The average Bonchev–Trinajstić information content (AvgIpc) is 2.56. The maximum Gasteiger partial charge on any atom is 0.179 e. The van der Waals surface area contributed by atoms with Gasteiger partial charge >= 0.3 is 0 Å². The maximum absolute atomic E-state index is 12.7. The van der Waals surface area contributed by atoms with E-state index in [0.717, 1.165) is 25.7 Å². The number of piperidine rings is 2. The average molecular weight is 339 g/mol. The lowest BCUT2D eigenvalue weighted by Gasteiger charge is -2.50. The topological polar surface area (TPSA) is 77.8 Å². The molecule has 0 radical (unpaired) electrons. The Hall–Kier alpha value is -0.950. The molecular weight excluding hydrogens is 314 g/mol. The second-order valence-electron chi connectivity index (χ2n) is 6.67. The second kappa shape index (κ2) is 6.89. The normalized spacial score (nSPS) is 32.4. The molecule has 0 amide bonds. The minimum atomic E-state index is -3.36. The summed E-state index contributed by atoms with van der Waals surface area (Å²) in [6.45, 7) is -0.125. The van der Waals surface area contributed by atoms with Crippen molar-refractivity contribution in [3.63, 3.8) is 0 Å². The first kappa shape index (κ1) is 16.9. The number of rotatable bonds is 4. The van der Waals surface area contributed by atoms with Gasteiger partial charge in [0.1, 0.15) is 0 Å². The van der Waals surface area contributed by atoms with Crippen molar-refractivity contribution in [2.75, 3.05) is 12.4 Å². The van der Waals surface area contributed by atoms with Crippen LogP contribution in [0.5, 0.6) is 0 Å². The molecule has 0 unspecified atom stereocenters. The predicted molar refractivity (Wildman–Crippen MR) is 87.9 cm³/mol. The third-order valence-electron chi connectivity index (χ3n) is 5.24. The van der Waals surface area contributed by atoms with Crippen molar-refractivity contribution in [3.05, 3.63) is 30.3 Å². The van der Waals surface area contributed by atoms with Gasteiger partial charge in [0.15, 0.2) is 9.84 Å². The van der Waals surface area contributed by atoms with E-state index in [2.05, 4.69) is 4.90 Å². The maximum atomic E-state index is 12.7. The zero-order valence-electron chi connectivity index (χ0n) is 13.2. The standard InChI is InChI=1S/C17H25NO4S/c19-11-16-17(20)10-9-13-5-4-6-14(18(13)16)12-23(21,22)15-7-2-1-3-8-15/h1-3,7-8,13-14,16-17,19-20H,4-6,9-12H2/t13-,14-,16-,17+/m0/s1. The van der Waals surface area contributed by atoms with Crippen molar-refractivity contribution >= 4 is 9.84 Å². The van der Waals surface area contributed by atoms with Gasteiger partial charge in [-0.05, 0) is 37.8 Å². The molecule has 2 aliphatic rings. The molecule has 1 aromatic rings. The van der Waals surface area contributed by atoms with Crippen LogP contribution in [0.1, 0.15) is 32.1 Å². The summed E-state index contributed by atoms with van der Waals surface area (Å²) in [6.07, 6.45) is 3.81. The van der Waals surface area contributed by atoms with Gasteiger partial charge in [0.2, 0.25) is 0 Å². The van der Waals surface area contributed by atoms with Crippen LogP contribution in [-0.2, 0) is 9.84 Å². The first-order chi connectivity index (χ1) is 11.0. The van der Waals surface area contributed by atoms with Gasteiger partial charge in [0, 0.05) is 12.1 Å². The van der Waals surface area contributed by atoms with E-state index >= 15 is 0 Å². The third kappa shape index (κ3) is 3.45. The minimum absolute atomic E-state index is 0.0523. The Morgan fingerprint density at radius 1 is 1.09 bits per heavy atom. The quantitative estimate of drug-likeness (QED) is 0.862. The Kier molecular flexibility index (Phi) is 5.06. The van der Waals surface area contributed by atoms with Gasteiger partial charge in [-0.25, -0.2) is 8.42 Å². The van der Waals surface area contributed by atoms with Crippen LogP contribution < -0.4 is 0 Å². The molecule has 0 aliphatic carbocycles. The van der Waals surface area contributed by atoms with Crippen LogP contribution in [0.2, 0.25) is 0 Å². The van der Waals surface area contributed by atoms with Crippen LogP contribution in [0.25, 0.3) is 0 Å². The predicted octanol–water partition coefficient (Wildman–Crippen LogP) is 1.20. The fraction of sp³-hybridized carbons (Fsp3) is 0.647. The Morgan fingerprint density at radius 2 is 1.83 bits per heavy atom. The van der Waals surface area contributed by atoms with Gasteiger partial charge in [-0.2, -0.15) is 0 Å². The Morgan fingerprint density at radius 3 is 2.52 bits per heavy atom. The van der Waals surface area contributed by atoms with Crippen molar-refractivity contribution in [1.82, 2.24) is 4.90 Å². The highest BCUT2D eigenvalue weighted by molar-refractivity contribution is 7.91. The molecule has 2 saturated heterocycles. The van der Waals surface area contributed by atoms with Crippen LogP contribution in [0.4, 0.5) is 0 Å². The van der Waals surface area contributed by atoms with E-state index < -0.39 is 15.9 Å². The van der Waals surface area contributed by atoms with Crippen LogP contribution in [0, 0.1) is 0 Å². The van der Waals surface area contributed by atoms with Gasteiger partial charge in [-0.3, -0.25) is 4.90 Å². The first-order valence-corrected chi connectivity index (χ1v) is 10.0. The van der Waals surface area contributed by atoms with Crippen molar-refractivity contribution in [1.29, 1.82) is 0 Å². The fourth-order valence-corrected chi connectivity index (χ4v) is 5.75. The molecule has 3 rings (SSSR count). The van der Waals surface area contributed by atoms with E-state index in [9.17, 15) is 18.6 Å². The van der Waals surface area contributed by atoms with Crippen molar-refractivity contribution in [2.45, 2.75) is 61.2 Å². The number of nitrogens with zero attached hydrogens (tertiary/aromatic N) is 1. The molecule has 2 heterocycles. The minimum Gasteiger partial charge on any atom is -0.395 e. The number of benzene rings is 1. The largest absolute Gasteiger partial charge is 0.395 e. The summed E-state index contributed by atoms with van der Waals surface area (Å²) in [4.78, 5) is 2.44. The molecule has 6 heteroatoms. The summed E-state index contributed by atoms with van der Waals surface area (Å²) in [6, 6.07) is 8.33. The molecule has 1 aromatic carbocycles. The Labute approximate surface area is 137 Å². The summed E-state index contributed by atoms with van der Waals surface area (Å²) in [5, 5.41) is 19.9. The lowest BCUT2D eigenvalue weighted by molar-refractivity contribution is -0.0775. The molecular formula is C17H25NO4S. The molecule has 128 valence electrons. The molecule has 5 nitrogen and oxygen atoms in total. The lowest BCUT2D eigenvalue weighted by atomic mass is 9.84. The molecule has 2 fully saturated rings. The van der Waals surface area contributed by atoms with Crippen LogP contribution in [0.3, 0.4) is 0 Å². The van der Waals surface area contributed by atoms with E-state index in [1.54, 1.807) is 30.3 Å². The van der Waals surface area contributed by atoms with Gasteiger partial charge < -0.3 is 10.2 Å². The number of sulfone groups is 1. The lowest BCUT2D eigenvalue weighted by Crippen LogP contribution is -2.61. The highest BCUT2D eigenvalue weighted by atomic mass is 32.2. The molecule has 2 aliphatic heterocycles. The molecule has 0 bridgehead atoms. The SMILES string of the molecule is O=S(=O)(C[C@@H]1CCC[C@H]2CC[C@@H](O)[C@H](CO)N21)c1ccccc1. The smallest absolute Gasteiger partial charge is 0.179 e. The van der Waals surface area contributed by atoms with Gasteiger partial charge in [0.05, 0.1) is 29.4 Å². The number of aliphatic hydroxyl groups excluding tert-OH is 2. The second-order valence-corrected chi connectivity index (χ2v) is 8.71. The third-order valence-corrected chi connectivity index (χ3v) is 7.06. The summed E-state index contributed by atoms with van der Waals surface area (Å²) in [5.41, 5.74) is 0. The monoisotopic (exact) mass is 339 g/mol. The zero-order valence-corrected chi connectivity index (χ0v) is 14.0. The fourth-order valence-electron chi connectivity index (χ4n) is 4.14. The molecule has 23 heavy (non-hydrogen) atoms. The summed E-state index contributed by atoms with van der Waals surface area (Å²) in [7, 11) is -3.36. The number of aliphatic hydroxyl groups is 2. The highest BCUT2D eigenvalue weighted by Gasteiger charge is 2.43. The van der Waals surface area contributed by atoms with Crippen LogP contribution >= 0.6 is 0 Å². The molecule has 4 atom stereocenters. The van der Waals surface area contributed by atoms with Crippen molar-refractivity contribution < 1.29 is 18.6 Å². The van der Waals surface area contributed by atoms with Gasteiger partial charge in [-0.1, -0.05) is 24.6 Å². The van der Waals surface area contributed by atoms with Crippen molar-refractivity contribution in [3.8, 4) is 0 Å². The van der Waals surface area contributed by atoms with Crippen LogP contribution in [-0.4, -0.2) is 60.1 Å². The molecule has 2 N–H and O–H groups in total. The molecule has 0 spiro atoms. The summed E-state index contributed by atoms with van der Waals surface area (Å²) in [5.74, 6) is 0.0523. The Bertz CT molecular complexity index is 619. The van der Waals surface area contributed by atoms with Crippen LogP contribution in [0.15, 0.2) is 35.2 Å². The summed E-state index contributed by atoms with van der Waals surface area (Å²) < 4.78 is 25.4. The number of hydrogen-bond acceptors (Lipinski definition) is 5. The van der Waals surface area contributed by atoms with Gasteiger partial charge in [0.25, 0.3) is 0 Å². The van der Waals surface area contributed by atoms with Crippen molar-refractivity contribution in [2.24, 2.45) is 0 Å². The Balaban J connectivity index is 1.83. The van der Waals surface area contributed by atoms with E-state index in [4.69, 9.17) is 0 Å². The van der Waals surface area contributed by atoms with E-state index in [1.165, 1.54) is 0 Å². The first-order valence-electron chi connectivity index (χ1n) is 8.37.